The molecule has 98 valence electrons. The second-order valence-electron chi connectivity index (χ2n) is 3.90. The molecule has 3 nitrogen and oxygen atoms in total. The first kappa shape index (κ1) is 13.4. The summed E-state index contributed by atoms with van der Waals surface area (Å²) < 4.78 is 5.60. The molecule has 0 amide bonds. The van der Waals surface area contributed by atoms with Gasteiger partial charge < -0.3 is 10.1 Å². The minimum absolute atomic E-state index is 0.465. The molecule has 0 aliphatic heterocycles. The number of hydrogen-bond acceptors (Lipinski definition) is 3. The molecule has 1 heterocycles. The van der Waals surface area contributed by atoms with E-state index in [-0.39, 0.29) is 0 Å². The van der Waals surface area contributed by atoms with E-state index < -0.39 is 0 Å². The molecule has 0 saturated heterocycles. The van der Waals surface area contributed by atoms with Crippen molar-refractivity contribution in [3.63, 3.8) is 0 Å². The van der Waals surface area contributed by atoms with Gasteiger partial charge in [0, 0.05) is 18.3 Å². The van der Waals surface area contributed by atoms with Crippen molar-refractivity contribution < 1.29 is 4.74 Å². The van der Waals surface area contributed by atoms with Crippen molar-refractivity contribution in [2.24, 2.45) is 0 Å². The molecule has 0 spiro atoms. The number of para-hydroxylation sites is 1. The lowest BCUT2D eigenvalue weighted by Crippen LogP contribution is -2.04. The molecule has 0 aliphatic rings. The Morgan fingerprint density at radius 1 is 1.26 bits per heavy atom. The number of aromatic nitrogens is 1. The van der Waals surface area contributed by atoms with E-state index >= 15 is 0 Å². The number of rotatable bonds is 6. The van der Waals surface area contributed by atoms with Crippen molar-refractivity contribution in [1.29, 1.82) is 0 Å². The van der Waals surface area contributed by atoms with Gasteiger partial charge in [0.2, 0.25) is 0 Å². The smallest absolute Gasteiger partial charge is 0.152 e. The number of benzene rings is 1. The maximum Gasteiger partial charge on any atom is 0.152 e. The fourth-order valence-corrected chi connectivity index (χ4v) is 1.83. The van der Waals surface area contributed by atoms with Crippen LogP contribution >= 0.6 is 11.6 Å². The molecule has 1 aromatic carbocycles. The van der Waals surface area contributed by atoms with Crippen LogP contribution in [0.1, 0.15) is 5.56 Å². The Hall–Kier alpha value is -2.00. The zero-order valence-electron chi connectivity index (χ0n) is 10.5. The van der Waals surface area contributed by atoms with Crippen LogP contribution in [0.25, 0.3) is 0 Å². The van der Waals surface area contributed by atoms with Gasteiger partial charge in [0.25, 0.3) is 0 Å². The van der Waals surface area contributed by atoms with Gasteiger partial charge in [-0.2, -0.15) is 0 Å². The van der Waals surface area contributed by atoms with Gasteiger partial charge in [-0.15, -0.1) is 0 Å². The van der Waals surface area contributed by atoms with Gasteiger partial charge in [-0.05, 0) is 18.2 Å². The summed E-state index contributed by atoms with van der Waals surface area (Å²) in [5.41, 5.74) is 1.87. The molecule has 0 unspecified atom stereocenters. The van der Waals surface area contributed by atoms with E-state index in [2.05, 4.69) is 16.9 Å². The van der Waals surface area contributed by atoms with Crippen molar-refractivity contribution in [3.05, 3.63) is 66.0 Å². The minimum Gasteiger partial charge on any atom is -0.489 e. The highest BCUT2D eigenvalue weighted by atomic mass is 35.5. The van der Waals surface area contributed by atoms with Gasteiger partial charge in [0.15, 0.2) is 5.15 Å². The summed E-state index contributed by atoms with van der Waals surface area (Å²) in [6, 6.07) is 11.6. The summed E-state index contributed by atoms with van der Waals surface area (Å²) in [6.07, 6.45) is 3.39. The molecule has 2 aromatic rings. The lowest BCUT2D eigenvalue weighted by molar-refractivity contribution is 0.359. The van der Waals surface area contributed by atoms with Crippen LogP contribution in [0.5, 0.6) is 5.75 Å². The number of anilines is 1. The highest BCUT2D eigenvalue weighted by Crippen LogP contribution is 2.22. The SMILES string of the molecule is C=CCOc1ccccc1CNc1cccnc1Cl. The Morgan fingerprint density at radius 2 is 2.11 bits per heavy atom. The predicted octanol–water partition coefficient (Wildman–Crippen LogP) is 3.91. The molecule has 19 heavy (non-hydrogen) atoms. The molecule has 0 atom stereocenters. The molecule has 0 aliphatic carbocycles. The van der Waals surface area contributed by atoms with E-state index in [1.807, 2.05) is 36.4 Å². The van der Waals surface area contributed by atoms with Gasteiger partial charge in [0.05, 0.1) is 5.69 Å². The van der Waals surface area contributed by atoms with Crippen molar-refractivity contribution in [2.45, 2.75) is 6.54 Å². The van der Waals surface area contributed by atoms with E-state index in [9.17, 15) is 0 Å². The lowest BCUT2D eigenvalue weighted by atomic mass is 10.2. The largest absolute Gasteiger partial charge is 0.489 e. The second-order valence-corrected chi connectivity index (χ2v) is 4.26. The molecule has 0 radical (unpaired) electrons. The van der Waals surface area contributed by atoms with Crippen LogP contribution < -0.4 is 10.1 Å². The summed E-state index contributed by atoms with van der Waals surface area (Å²) in [6.45, 7) is 4.76. The molecule has 0 bridgehead atoms. The maximum absolute atomic E-state index is 6.00. The zero-order chi connectivity index (χ0) is 13.5. The van der Waals surface area contributed by atoms with Gasteiger partial charge >= 0.3 is 0 Å². The van der Waals surface area contributed by atoms with Crippen LogP contribution in [0.15, 0.2) is 55.3 Å². The summed E-state index contributed by atoms with van der Waals surface area (Å²) >= 11 is 6.00. The number of nitrogens with one attached hydrogen (secondary N) is 1. The Kier molecular flexibility index (Phi) is 4.81. The van der Waals surface area contributed by atoms with Crippen molar-refractivity contribution in [1.82, 2.24) is 4.98 Å². The molecular weight excluding hydrogens is 260 g/mol. The fraction of sp³-hybridized carbons (Fsp3) is 0.133. The Bertz CT molecular complexity index is 557. The average Bonchev–Trinajstić information content (AvgIpc) is 2.45. The number of ether oxygens (including phenoxy) is 1. The summed E-state index contributed by atoms with van der Waals surface area (Å²) in [5, 5.41) is 3.71. The quantitative estimate of drug-likeness (QED) is 0.640. The fourth-order valence-electron chi connectivity index (χ4n) is 1.65. The first-order valence-corrected chi connectivity index (χ1v) is 6.35. The molecule has 2 rings (SSSR count). The summed E-state index contributed by atoms with van der Waals surface area (Å²) in [7, 11) is 0. The van der Waals surface area contributed by atoms with Gasteiger partial charge in [-0.1, -0.05) is 42.5 Å². The van der Waals surface area contributed by atoms with Gasteiger partial charge in [-0.25, -0.2) is 4.98 Å². The monoisotopic (exact) mass is 274 g/mol. The van der Waals surface area contributed by atoms with Crippen LogP contribution in [0.4, 0.5) is 5.69 Å². The number of halogens is 1. The van der Waals surface area contributed by atoms with Gasteiger partial charge in [0.1, 0.15) is 12.4 Å². The molecule has 1 aromatic heterocycles. The molecule has 1 N–H and O–H groups in total. The third kappa shape index (κ3) is 3.73. The normalized spacial score (nSPS) is 9.95. The first-order valence-electron chi connectivity index (χ1n) is 5.97. The molecule has 4 heteroatoms. The van der Waals surface area contributed by atoms with Crippen LogP contribution in [-0.4, -0.2) is 11.6 Å². The number of hydrogen-bond donors (Lipinski definition) is 1. The summed E-state index contributed by atoms with van der Waals surface area (Å²) in [4.78, 5) is 4.02. The van der Waals surface area contributed by atoms with Gasteiger partial charge in [-0.3, -0.25) is 0 Å². The predicted molar refractivity (Wildman–Crippen MR) is 78.7 cm³/mol. The van der Waals surface area contributed by atoms with E-state index in [1.165, 1.54) is 0 Å². The van der Waals surface area contributed by atoms with E-state index in [4.69, 9.17) is 16.3 Å². The topological polar surface area (TPSA) is 34.1 Å². The number of nitrogens with zero attached hydrogens (tertiary/aromatic N) is 1. The van der Waals surface area contributed by atoms with Crippen molar-refractivity contribution >= 4 is 17.3 Å². The number of pyridine rings is 1. The first-order chi connectivity index (χ1) is 9.31. The second kappa shape index (κ2) is 6.81. The van der Waals surface area contributed by atoms with Crippen LogP contribution in [-0.2, 0) is 6.54 Å². The highest BCUT2D eigenvalue weighted by Gasteiger charge is 2.04. The van der Waals surface area contributed by atoms with E-state index in [0.717, 1.165) is 17.0 Å². The average molecular weight is 275 g/mol. The van der Waals surface area contributed by atoms with Crippen LogP contribution in [0.2, 0.25) is 5.15 Å². The Morgan fingerprint density at radius 3 is 2.89 bits per heavy atom. The summed E-state index contributed by atoms with van der Waals surface area (Å²) in [5.74, 6) is 0.843. The van der Waals surface area contributed by atoms with E-state index in [0.29, 0.717) is 18.3 Å². The minimum atomic E-state index is 0.465. The third-order valence-electron chi connectivity index (χ3n) is 2.56. The molecular formula is C15H15ClN2O. The Labute approximate surface area is 117 Å². The van der Waals surface area contributed by atoms with Crippen LogP contribution in [0, 0.1) is 0 Å². The Balaban J connectivity index is 2.07. The third-order valence-corrected chi connectivity index (χ3v) is 2.86. The zero-order valence-corrected chi connectivity index (χ0v) is 11.2. The standard InChI is InChI=1S/C15H15ClN2O/c1-2-10-19-14-8-4-3-6-12(14)11-18-13-7-5-9-17-15(13)16/h2-9,18H,1,10-11H2. The van der Waals surface area contributed by atoms with Crippen molar-refractivity contribution in [3.8, 4) is 5.75 Å². The molecule has 0 saturated carbocycles. The van der Waals surface area contributed by atoms with Crippen LogP contribution in [0.3, 0.4) is 0 Å². The lowest BCUT2D eigenvalue weighted by Gasteiger charge is -2.12. The molecule has 0 fully saturated rings. The maximum atomic E-state index is 6.00. The van der Waals surface area contributed by atoms with Crippen molar-refractivity contribution in [2.75, 3.05) is 11.9 Å². The highest BCUT2D eigenvalue weighted by molar-refractivity contribution is 6.31. The van der Waals surface area contributed by atoms with E-state index in [1.54, 1.807) is 12.3 Å².